The summed E-state index contributed by atoms with van der Waals surface area (Å²) >= 11 is 0. The first-order valence-electron chi connectivity index (χ1n) is 13.9. The Hall–Kier alpha value is -0.530. The summed E-state index contributed by atoms with van der Waals surface area (Å²) in [6, 6.07) is 0. The average Bonchev–Trinajstić information content (AvgIpc) is 2.76. The zero-order valence-electron chi connectivity index (χ0n) is 20.2. The molecule has 0 aromatic heterocycles. The number of hydrogen-bond donors (Lipinski definition) is 0. The van der Waals surface area contributed by atoms with Gasteiger partial charge in [0, 0.05) is 6.42 Å². The first-order valence-corrected chi connectivity index (χ1v) is 13.9. The highest BCUT2D eigenvalue weighted by Crippen LogP contribution is 2.53. The van der Waals surface area contributed by atoms with Gasteiger partial charge >= 0.3 is 5.97 Å². The van der Waals surface area contributed by atoms with Crippen molar-refractivity contribution in [2.75, 3.05) is 0 Å². The summed E-state index contributed by atoms with van der Waals surface area (Å²) in [5.74, 6) is 4.88. The number of carbonyl (C=O) groups excluding carboxylic acids is 1. The largest absolute Gasteiger partial charge is 0.462 e. The number of rotatable bonds is 12. The lowest BCUT2D eigenvalue weighted by atomic mass is 9.56. The average molecular weight is 419 g/mol. The van der Waals surface area contributed by atoms with E-state index in [4.69, 9.17) is 4.74 Å². The van der Waals surface area contributed by atoms with E-state index in [2.05, 4.69) is 13.8 Å². The molecule has 3 fully saturated rings. The minimum Gasteiger partial charge on any atom is -0.462 e. The Balaban J connectivity index is 1.34. The number of fused-ring (bicyclic) bond motifs is 3. The highest BCUT2D eigenvalue weighted by atomic mass is 16.5. The maximum absolute atomic E-state index is 12.3. The third-order valence-electron chi connectivity index (χ3n) is 8.85. The highest BCUT2D eigenvalue weighted by molar-refractivity contribution is 5.69. The molecule has 0 aliphatic heterocycles. The summed E-state index contributed by atoms with van der Waals surface area (Å²) in [6.45, 7) is 4.57. The van der Waals surface area contributed by atoms with Gasteiger partial charge in [0.2, 0.25) is 0 Å². The van der Waals surface area contributed by atoms with Gasteiger partial charge in [-0.05, 0) is 81.0 Å². The predicted octanol–water partition coefficient (Wildman–Crippen LogP) is 8.47. The standard InChI is InChI=1S/C28H50O2/c1-3-5-7-8-9-11-13-28(29)30-25-17-19-27-24(21-25)16-15-23-20-22(12-10-6-4-2)14-18-26(23)27/h22-27H,3-21H2,1-2H3/t22-,23?,24?,25-,26?,27?/m1/s1. The second-order valence-corrected chi connectivity index (χ2v) is 11.0. The van der Waals surface area contributed by atoms with Crippen LogP contribution in [0.4, 0.5) is 0 Å². The summed E-state index contributed by atoms with van der Waals surface area (Å²) in [6.07, 6.45) is 25.0. The van der Waals surface area contributed by atoms with E-state index in [1.54, 1.807) is 0 Å². The Morgan fingerprint density at radius 1 is 0.700 bits per heavy atom. The van der Waals surface area contributed by atoms with Crippen LogP contribution >= 0.6 is 0 Å². The molecule has 3 aliphatic carbocycles. The van der Waals surface area contributed by atoms with Crippen LogP contribution in [0.2, 0.25) is 0 Å². The number of esters is 1. The fourth-order valence-corrected chi connectivity index (χ4v) is 7.20. The van der Waals surface area contributed by atoms with Crippen molar-refractivity contribution in [2.45, 2.75) is 142 Å². The lowest BCUT2D eigenvalue weighted by Gasteiger charge is -2.50. The second-order valence-electron chi connectivity index (χ2n) is 11.0. The molecule has 0 spiro atoms. The van der Waals surface area contributed by atoms with Gasteiger partial charge < -0.3 is 4.74 Å². The van der Waals surface area contributed by atoms with Crippen LogP contribution in [-0.2, 0) is 9.53 Å². The van der Waals surface area contributed by atoms with E-state index in [9.17, 15) is 4.79 Å². The number of carbonyl (C=O) groups is 1. The van der Waals surface area contributed by atoms with Crippen LogP contribution in [-0.4, -0.2) is 12.1 Å². The molecule has 6 atom stereocenters. The van der Waals surface area contributed by atoms with Gasteiger partial charge in [-0.2, -0.15) is 0 Å². The van der Waals surface area contributed by atoms with E-state index in [1.807, 2.05) is 0 Å². The molecule has 0 amide bonds. The fraction of sp³-hybridized carbons (Fsp3) is 0.964. The zero-order valence-corrected chi connectivity index (χ0v) is 20.2. The van der Waals surface area contributed by atoms with Crippen molar-refractivity contribution in [2.24, 2.45) is 29.6 Å². The molecule has 0 aromatic rings. The van der Waals surface area contributed by atoms with Gasteiger partial charge in [-0.25, -0.2) is 0 Å². The van der Waals surface area contributed by atoms with E-state index >= 15 is 0 Å². The lowest BCUT2D eigenvalue weighted by Crippen LogP contribution is -2.43. The normalized spacial score (nSPS) is 33.5. The Kier molecular flexibility index (Phi) is 10.5. The van der Waals surface area contributed by atoms with E-state index < -0.39 is 0 Å². The minimum atomic E-state index is 0.0789. The molecular weight excluding hydrogens is 368 g/mol. The first kappa shape index (κ1) is 24.1. The predicted molar refractivity (Wildman–Crippen MR) is 126 cm³/mol. The molecule has 0 saturated heterocycles. The second kappa shape index (κ2) is 13.1. The minimum absolute atomic E-state index is 0.0789. The van der Waals surface area contributed by atoms with Crippen LogP contribution in [0, 0.1) is 29.6 Å². The summed E-state index contributed by atoms with van der Waals surface area (Å²) in [4.78, 5) is 12.3. The molecule has 2 heteroatoms. The van der Waals surface area contributed by atoms with Crippen molar-refractivity contribution in [1.29, 1.82) is 0 Å². The van der Waals surface area contributed by atoms with Crippen LogP contribution in [0.25, 0.3) is 0 Å². The third kappa shape index (κ3) is 7.27. The molecule has 0 N–H and O–H groups in total. The summed E-state index contributed by atoms with van der Waals surface area (Å²) in [5.41, 5.74) is 0. The Morgan fingerprint density at radius 3 is 2.10 bits per heavy atom. The molecule has 30 heavy (non-hydrogen) atoms. The molecule has 2 nitrogen and oxygen atoms in total. The van der Waals surface area contributed by atoms with Crippen LogP contribution in [0.3, 0.4) is 0 Å². The van der Waals surface area contributed by atoms with Gasteiger partial charge in [-0.15, -0.1) is 0 Å². The Labute approximate surface area is 187 Å². The van der Waals surface area contributed by atoms with Crippen molar-refractivity contribution >= 4 is 5.97 Å². The van der Waals surface area contributed by atoms with Gasteiger partial charge in [0.15, 0.2) is 0 Å². The van der Waals surface area contributed by atoms with E-state index in [0.29, 0.717) is 6.42 Å². The van der Waals surface area contributed by atoms with Gasteiger partial charge in [-0.1, -0.05) is 78.1 Å². The number of hydrogen-bond acceptors (Lipinski definition) is 2. The molecule has 0 aromatic carbocycles. The molecule has 174 valence electrons. The van der Waals surface area contributed by atoms with Crippen LogP contribution in [0.15, 0.2) is 0 Å². The van der Waals surface area contributed by atoms with E-state index in [-0.39, 0.29) is 12.1 Å². The highest BCUT2D eigenvalue weighted by Gasteiger charge is 2.44. The van der Waals surface area contributed by atoms with Crippen molar-refractivity contribution < 1.29 is 9.53 Å². The molecule has 3 saturated carbocycles. The van der Waals surface area contributed by atoms with Gasteiger partial charge in [0.25, 0.3) is 0 Å². The third-order valence-corrected chi connectivity index (χ3v) is 8.85. The van der Waals surface area contributed by atoms with Crippen molar-refractivity contribution in [3.63, 3.8) is 0 Å². The maximum Gasteiger partial charge on any atom is 0.306 e. The molecule has 0 heterocycles. The van der Waals surface area contributed by atoms with Crippen molar-refractivity contribution in [3.8, 4) is 0 Å². The first-order chi connectivity index (χ1) is 14.7. The fourth-order valence-electron chi connectivity index (χ4n) is 7.20. The molecular formula is C28H50O2. The Morgan fingerprint density at radius 2 is 1.33 bits per heavy atom. The molecule has 0 bridgehead atoms. The van der Waals surface area contributed by atoms with Crippen molar-refractivity contribution in [1.82, 2.24) is 0 Å². The number of ether oxygens (including phenoxy) is 1. The van der Waals surface area contributed by atoms with Gasteiger partial charge in [0.05, 0.1) is 0 Å². The van der Waals surface area contributed by atoms with Crippen LogP contribution in [0.5, 0.6) is 0 Å². The zero-order chi connectivity index (χ0) is 21.2. The summed E-state index contributed by atoms with van der Waals surface area (Å²) in [7, 11) is 0. The smallest absolute Gasteiger partial charge is 0.306 e. The van der Waals surface area contributed by atoms with Gasteiger partial charge in [0.1, 0.15) is 6.10 Å². The lowest BCUT2D eigenvalue weighted by molar-refractivity contribution is -0.153. The summed E-state index contributed by atoms with van der Waals surface area (Å²) in [5, 5.41) is 0. The Bertz CT molecular complexity index is 487. The van der Waals surface area contributed by atoms with Crippen molar-refractivity contribution in [3.05, 3.63) is 0 Å². The molecule has 3 aliphatic rings. The molecule has 3 rings (SSSR count). The topological polar surface area (TPSA) is 26.3 Å². The summed E-state index contributed by atoms with van der Waals surface area (Å²) < 4.78 is 5.94. The number of unbranched alkanes of at least 4 members (excludes halogenated alkanes) is 7. The van der Waals surface area contributed by atoms with E-state index in [1.165, 1.54) is 96.3 Å². The molecule has 0 radical (unpaired) electrons. The van der Waals surface area contributed by atoms with Crippen LogP contribution < -0.4 is 0 Å². The van der Waals surface area contributed by atoms with Crippen LogP contribution in [0.1, 0.15) is 136 Å². The maximum atomic E-state index is 12.3. The van der Waals surface area contributed by atoms with Gasteiger partial charge in [-0.3, -0.25) is 4.79 Å². The monoisotopic (exact) mass is 418 g/mol. The SMILES string of the molecule is CCCCCCCCC(=O)O[C@@H]1CCC2C(CCC3C[C@H](CCCCC)CCC32)C1. The quantitative estimate of drug-likeness (QED) is 0.235. The molecule has 4 unspecified atom stereocenters. The van der Waals surface area contributed by atoms with E-state index in [0.717, 1.165) is 48.9 Å².